The Morgan fingerprint density at radius 2 is 1.89 bits per heavy atom. The van der Waals surface area contributed by atoms with E-state index in [2.05, 4.69) is 0 Å². The topological polar surface area (TPSA) is 44.5 Å². The molecular formula is C14H23NO2S. The van der Waals surface area contributed by atoms with E-state index in [1.807, 2.05) is 49.9 Å². The summed E-state index contributed by atoms with van der Waals surface area (Å²) in [6.45, 7) is 4.82. The van der Waals surface area contributed by atoms with E-state index in [0.29, 0.717) is 0 Å². The highest BCUT2D eigenvalue weighted by Crippen LogP contribution is 2.20. The summed E-state index contributed by atoms with van der Waals surface area (Å²) in [4.78, 5) is 0. The van der Waals surface area contributed by atoms with Gasteiger partial charge in [0.2, 0.25) is 0 Å². The number of hydrogen-bond donors (Lipinski definition) is 1. The van der Waals surface area contributed by atoms with Crippen LogP contribution in [0.15, 0.2) is 24.3 Å². The van der Waals surface area contributed by atoms with Crippen molar-refractivity contribution in [1.82, 2.24) is 0 Å². The van der Waals surface area contributed by atoms with Gasteiger partial charge >= 0.3 is 0 Å². The smallest absolute Gasteiger partial charge is 0.119 e. The summed E-state index contributed by atoms with van der Waals surface area (Å²) in [6, 6.07) is 8.11. The van der Waals surface area contributed by atoms with Crippen LogP contribution in [0.25, 0.3) is 0 Å². The highest BCUT2D eigenvalue weighted by molar-refractivity contribution is 7.99. The number of ether oxygens (including phenoxy) is 2. The highest BCUT2D eigenvalue weighted by atomic mass is 32.2. The Balaban J connectivity index is 2.41. The fourth-order valence-corrected chi connectivity index (χ4v) is 2.41. The lowest BCUT2D eigenvalue weighted by molar-refractivity contribution is 0.218. The predicted molar refractivity (Wildman–Crippen MR) is 78.3 cm³/mol. The van der Waals surface area contributed by atoms with E-state index in [1.165, 1.54) is 0 Å². The first kappa shape index (κ1) is 15.3. The van der Waals surface area contributed by atoms with Crippen molar-refractivity contribution in [3.05, 3.63) is 29.8 Å². The van der Waals surface area contributed by atoms with Crippen molar-refractivity contribution in [1.29, 1.82) is 0 Å². The molecule has 0 aromatic heterocycles. The fourth-order valence-electron chi connectivity index (χ4n) is 1.51. The summed E-state index contributed by atoms with van der Waals surface area (Å²) in [5.74, 6) is 2.79. The zero-order valence-corrected chi connectivity index (χ0v) is 12.2. The monoisotopic (exact) mass is 269 g/mol. The minimum absolute atomic E-state index is 0.0694. The van der Waals surface area contributed by atoms with Crippen LogP contribution in [0.5, 0.6) is 5.75 Å². The molecule has 0 spiro atoms. The largest absolute Gasteiger partial charge is 0.491 e. The second-order valence-electron chi connectivity index (χ2n) is 4.41. The van der Waals surface area contributed by atoms with Gasteiger partial charge < -0.3 is 15.2 Å². The van der Waals surface area contributed by atoms with Crippen molar-refractivity contribution in [3.8, 4) is 5.75 Å². The Hall–Kier alpha value is -0.710. The molecular weight excluding hydrogens is 246 g/mol. The van der Waals surface area contributed by atoms with Gasteiger partial charge in [0, 0.05) is 24.7 Å². The number of benzene rings is 1. The van der Waals surface area contributed by atoms with E-state index in [-0.39, 0.29) is 12.1 Å². The third-order valence-corrected chi connectivity index (χ3v) is 3.46. The zero-order chi connectivity index (χ0) is 13.4. The molecule has 0 aliphatic rings. The van der Waals surface area contributed by atoms with Crippen LogP contribution in [-0.4, -0.2) is 31.3 Å². The quantitative estimate of drug-likeness (QED) is 0.737. The standard InChI is InChI=1S/C14H23NO2S/c1-11(2)17-13-6-4-12(5-7-13)14(15)10-18-9-8-16-3/h4-7,11,14H,8-10,15H2,1-3H3. The van der Waals surface area contributed by atoms with Gasteiger partial charge in [-0.3, -0.25) is 0 Å². The molecule has 0 heterocycles. The molecule has 0 saturated carbocycles. The Morgan fingerprint density at radius 1 is 1.22 bits per heavy atom. The summed E-state index contributed by atoms with van der Waals surface area (Å²) < 4.78 is 10.6. The molecule has 1 aromatic carbocycles. The second kappa shape index (κ2) is 8.40. The number of thioether (sulfide) groups is 1. The van der Waals surface area contributed by atoms with E-state index in [9.17, 15) is 0 Å². The summed E-state index contributed by atoms with van der Waals surface area (Å²) in [7, 11) is 1.72. The van der Waals surface area contributed by atoms with Gasteiger partial charge in [0.1, 0.15) is 5.75 Å². The summed E-state index contributed by atoms with van der Waals surface area (Å²) in [5, 5.41) is 0. The van der Waals surface area contributed by atoms with Gasteiger partial charge in [-0.1, -0.05) is 12.1 Å². The third-order valence-electron chi connectivity index (χ3n) is 2.41. The molecule has 0 amide bonds. The molecule has 1 aromatic rings. The third kappa shape index (κ3) is 5.76. The predicted octanol–water partition coefficient (Wildman–Crippen LogP) is 2.85. The Bertz CT molecular complexity index is 327. The molecule has 18 heavy (non-hydrogen) atoms. The van der Waals surface area contributed by atoms with Crippen molar-refractivity contribution < 1.29 is 9.47 Å². The molecule has 2 N–H and O–H groups in total. The number of nitrogens with two attached hydrogens (primary N) is 1. The molecule has 3 nitrogen and oxygen atoms in total. The summed E-state index contributed by atoms with van der Waals surface area (Å²) in [5.41, 5.74) is 7.28. The molecule has 0 saturated heterocycles. The van der Waals surface area contributed by atoms with Crippen LogP contribution >= 0.6 is 11.8 Å². The van der Waals surface area contributed by atoms with Gasteiger partial charge in [0.05, 0.1) is 12.7 Å². The average Bonchev–Trinajstić information content (AvgIpc) is 2.34. The van der Waals surface area contributed by atoms with Gasteiger partial charge in [-0.15, -0.1) is 0 Å². The van der Waals surface area contributed by atoms with Crippen molar-refractivity contribution in [2.24, 2.45) is 5.73 Å². The SMILES string of the molecule is COCCSCC(N)c1ccc(OC(C)C)cc1. The Kier molecular flexibility index (Phi) is 7.16. The molecule has 1 unspecified atom stereocenters. The van der Waals surface area contributed by atoms with Gasteiger partial charge in [-0.25, -0.2) is 0 Å². The minimum atomic E-state index is 0.0694. The Morgan fingerprint density at radius 3 is 2.44 bits per heavy atom. The van der Waals surface area contributed by atoms with Crippen molar-refractivity contribution >= 4 is 11.8 Å². The van der Waals surface area contributed by atoms with Gasteiger partial charge in [0.25, 0.3) is 0 Å². The summed E-state index contributed by atoms with van der Waals surface area (Å²) >= 11 is 1.81. The van der Waals surface area contributed by atoms with E-state index in [0.717, 1.165) is 29.4 Å². The van der Waals surface area contributed by atoms with Crippen molar-refractivity contribution in [2.45, 2.75) is 26.0 Å². The highest BCUT2D eigenvalue weighted by Gasteiger charge is 2.06. The van der Waals surface area contributed by atoms with Crippen LogP contribution in [0.4, 0.5) is 0 Å². The van der Waals surface area contributed by atoms with Crippen LogP contribution in [0, 0.1) is 0 Å². The van der Waals surface area contributed by atoms with Crippen LogP contribution in [-0.2, 0) is 4.74 Å². The Labute approximate surface area is 114 Å². The maximum absolute atomic E-state index is 6.13. The van der Waals surface area contributed by atoms with E-state index in [4.69, 9.17) is 15.2 Å². The zero-order valence-electron chi connectivity index (χ0n) is 11.4. The van der Waals surface area contributed by atoms with Crippen LogP contribution in [0.1, 0.15) is 25.5 Å². The molecule has 0 radical (unpaired) electrons. The molecule has 0 aliphatic heterocycles. The van der Waals surface area contributed by atoms with Gasteiger partial charge in [-0.2, -0.15) is 11.8 Å². The fraction of sp³-hybridized carbons (Fsp3) is 0.571. The van der Waals surface area contributed by atoms with Gasteiger partial charge in [0.15, 0.2) is 0 Å². The van der Waals surface area contributed by atoms with Crippen LogP contribution < -0.4 is 10.5 Å². The average molecular weight is 269 g/mol. The molecule has 4 heteroatoms. The second-order valence-corrected chi connectivity index (χ2v) is 5.56. The molecule has 0 aliphatic carbocycles. The van der Waals surface area contributed by atoms with E-state index >= 15 is 0 Å². The lowest BCUT2D eigenvalue weighted by Crippen LogP contribution is -2.14. The van der Waals surface area contributed by atoms with Crippen LogP contribution in [0.3, 0.4) is 0 Å². The molecule has 0 bridgehead atoms. The summed E-state index contributed by atoms with van der Waals surface area (Å²) in [6.07, 6.45) is 0.203. The van der Waals surface area contributed by atoms with Crippen molar-refractivity contribution in [3.63, 3.8) is 0 Å². The van der Waals surface area contributed by atoms with Crippen molar-refractivity contribution in [2.75, 3.05) is 25.2 Å². The molecule has 102 valence electrons. The van der Waals surface area contributed by atoms with Crippen LogP contribution in [0.2, 0.25) is 0 Å². The van der Waals surface area contributed by atoms with E-state index in [1.54, 1.807) is 7.11 Å². The number of hydrogen-bond acceptors (Lipinski definition) is 4. The normalized spacial score (nSPS) is 12.7. The molecule has 1 rings (SSSR count). The number of rotatable bonds is 8. The lowest BCUT2D eigenvalue weighted by Gasteiger charge is -2.14. The van der Waals surface area contributed by atoms with E-state index < -0.39 is 0 Å². The van der Waals surface area contributed by atoms with Gasteiger partial charge in [-0.05, 0) is 31.5 Å². The maximum Gasteiger partial charge on any atom is 0.119 e. The first-order valence-corrected chi connectivity index (χ1v) is 7.38. The lowest BCUT2D eigenvalue weighted by atomic mass is 10.1. The molecule has 1 atom stereocenters. The first-order valence-electron chi connectivity index (χ1n) is 6.22. The molecule has 0 fully saturated rings. The maximum atomic E-state index is 6.13. The minimum Gasteiger partial charge on any atom is -0.491 e. The first-order chi connectivity index (χ1) is 8.63. The number of methoxy groups -OCH3 is 1.